The van der Waals surface area contributed by atoms with Crippen LogP contribution in [-0.4, -0.2) is 18.4 Å². The SMILES string of the molecule is O=C(NCc1ccco1)c1cccc(C(=O)N2CCCc3ccccc32)c1. The zero-order valence-corrected chi connectivity index (χ0v) is 14.9. The number of amides is 2. The lowest BCUT2D eigenvalue weighted by Gasteiger charge is -2.29. The fourth-order valence-electron chi connectivity index (χ4n) is 3.38. The summed E-state index contributed by atoms with van der Waals surface area (Å²) in [6, 6.07) is 18.4. The van der Waals surface area contributed by atoms with E-state index in [-0.39, 0.29) is 11.8 Å². The van der Waals surface area contributed by atoms with Gasteiger partial charge < -0.3 is 14.6 Å². The van der Waals surface area contributed by atoms with E-state index >= 15 is 0 Å². The minimum absolute atomic E-state index is 0.0807. The molecule has 5 nitrogen and oxygen atoms in total. The first-order valence-electron chi connectivity index (χ1n) is 9.03. The normalized spacial score (nSPS) is 13.1. The summed E-state index contributed by atoms with van der Waals surface area (Å²) in [4.78, 5) is 27.3. The van der Waals surface area contributed by atoms with Crippen molar-refractivity contribution >= 4 is 17.5 Å². The quantitative estimate of drug-likeness (QED) is 0.770. The van der Waals surface area contributed by atoms with Crippen molar-refractivity contribution in [3.63, 3.8) is 0 Å². The predicted molar refractivity (Wildman–Crippen MR) is 103 cm³/mol. The van der Waals surface area contributed by atoms with Crippen molar-refractivity contribution in [2.45, 2.75) is 19.4 Å². The van der Waals surface area contributed by atoms with Crippen LogP contribution in [0.4, 0.5) is 5.69 Å². The fraction of sp³-hybridized carbons (Fsp3) is 0.182. The summed E-state index contributed by atoms with van der Waals surface area (Å²) in [6.45, 7) is 0.994. The Bertz CT molecular complexity index is 963. The predicted octanol–water partition coefficient (Wildman–Crippen LogP) is 3.80. The molecule has 136 valence electrons. The molecule has 0 atom stereocenters. The Morgan fingerprint density at radius 3 is 2.70 bits per heavy atom. The Kier molecular flexibility index (Phi) is 4.75. The highest BCUT2D eigenvalue weighted by Crippen LogP contribution is 2.28. The van der Waals surface area contributed by atoms with Crippen LogP contribution in [-0.2, 0) is 13.0 Å². The summed E-state index contributed by atoms with van der Waals surface area (Å²) in [5.74, 6) is 0.364. The monoisotopic (exact) mass is 360 g/mol. The molecule has 0 spiro atoms. The minimum Gasteiger partial charge on any atom is -0.467 e. The van der Waals surface area contributed by atoms with E-state index in [1.54, 1.807) is 47.6 Å². The van der Waals surface area contributed by atoms with Gasteiger partial charge in [0, 0.05) is 23.4 Å². The highest BCUT2D eigenvalue weighted by molar-refractivity contribution is 6.08. The van der Waals surface area contributed by atoms with Gasteiger partial charge in [-0.1, -0.05) is 24.3 Å². The number of carbonyl (C=O) groups excluding carboxylic acids is 2. The van der Waals surface area contributed by atoms with Crippen molar-refractivity contribution in [3.05, 3.63) is 89.4 Å². The number of para-hydroxylation sites is 1. The number of hydrogen-bond donors (Lipinski definition) is 1. The van der Waals surface area contributed by atoms with Crippen molar-refractivity contribution in [3.8, 4) is 0 Å². The van der Waals surface area contributed by atoms with Gasteiger partial charge >= 0.3 is 0 Å². The van der Waals surface area contributed by atoms with Gasteiger partial charge in [-0.15, -0.1) is 0 Å². The second-order valence-electron chi connectivity index (χ2n) is 6.53. The van der Waals surface area contributed by atoms with Crippen LogP contribution in [0.2, 0.25) is 0 Å². The molecule has 0 fully saturated rings. The molecule has 3 aromatic rings. The van der Waals surface area contributed by atoms with Gasteiger partial charge in [0.1, 0.15) is 5.76 Å². The van der Waals surface area contributed by atoms with E-state index in [0.717, 1.165) is 18.5 Å². The minimum atomic E-state index is -0.236. The molecule has 2 heterocycles. The Labute approximate surface area is 157 Å². The van der Waals surface area contributed by atoms with Crippen LogP contribution in [0, 0.1) is 0 Å². The summed E-state index contributed by atoms with van der Waals surface area (Å²) in [7, 11) is 0. The third kappa shape index (κ3) is 3.62. The second-order valence-corrected chi connectivity index (χ2v) is 6.53. The van der Waals surface area contributed by atoms with Crippen LogP contribution in [0.15, 0.2) is 71.3 Å². The lowest BCUT2D eigenvalue weighted by Crippen LogP contribution is -2.35. The molecule has 27 heavy (non-hydrogen) atoms. The fourth-order valence-corrected chi connectivity index (χ4v) is 3.38. The number of furan rings is 1. The van der Waals surface area contributed by atoms with E-state index in [1.807, 2.05) is 18.2 Å². The molecular weight excluding hydrogens is 340 g/mol. The van der Waals surface area contributed by atoms with E-state index in [4.69, 9.17) is 4.42 Å². The molecule has 1 aromatic heterocycles. The van der Waals surface area contributed by atoms with Crippen LogP contribution >= 0.6 is 0 Å². The second kappa shape index (κ2) is 7.50. The maximum Gasteiger partial charge on any atom is 0.258 e. The topological polar surface area (TPSA) is 62.6 Å². The van der Waals surface area contributed by atoms with Gasteiger partial charge in [0.25, 0.3) is 11.8 Å². The number of fused-ring (bicyclic) bond motifs is 1. The first kappa shape index (κ1) is 17.1. The van der Waals surface area contributed by atoms with E-state index in [2.05, 4.69) is 11.4 Å². The van der Waals surface area contributed by atoms with Gasteiger partial charge in [0.05, 0.1) is 12.8 Å². The van der Waals surface area contributed by atoms with Crippen LogP contribution in [0.1, 0.15) is 38.5 Å². The smallest absolute Gasteiger partial charge is 0.258 e. The van der Waals surface area contributed by atoms with Gasteiger partial charge in [0.15, 0.2) is 0 Å². The van der Waals surface area contributed by atoms with Crippen molar-refractivity contribution in [1.82, 2.24) is 5.32 Å². The van der Waals surface area contributed by atoms with Crippen molar-refractivity contribution < 1.29 is 14.0 Å². The molecule has 0 aliphatic carbocycles. The molecule has 0 unspecified atom stereocenters. The van der Waals surface area contributed by atoms with Crippen LogP contribution in [0.3, 0.4) is 0 Å². The number of aryl methyl sites for hydroxylation is 1. The van der Waals surface area contributed by atoms with Gasteiger partial charge in [-0.3, -0.25) is 9.59 Å². The average molecular weight is 360 g/mol. The Balaban J connectivity index is 1.52. The molecule has 1 aliphatic rings. The Morgan fingerprint density at radius 1 is 1.00 bits per heavy atom. The molecule has 1 N–H and O–H groups in total. The van der Waals surface area contributed by atoms with Crippen LogP contribution in [0.5, 0.6) is 0 Å². The number of rotatable bonds is 4. The molecule has 0 bridgehead atoms. The molecule has 0 radical (unpaired) electrons. The molecule has 0 saturated carbocycles. The maximum absolute atomic E-state index is 13.1. The molecule has 0 saturated heterocycles. The van der Waals surface area contributed by atoms with Gasteiger partial charge in [0.2, 0.25) is 0 Å². The van der Waals surface area contributed by atoms with Crippen LogP contribution in [0.25, 0.3) is 0 Å². The standard InChI is InChI=1S/C22H20N2O3/c25-21(23-15-19-10-5-13-27-19)17-7-3-8-18(14-17)22(26)24-12-4-9-16-6-1-2-11-20(16)24/h1-3,5-8,10-11,13-14H,4,9,12,15H2,(H,23,25). The average Bonchev–Trinajstić information content (AvgIpc) is 3.25. The summed E-state index contributed by atoms with van der Waals surface area (Å²) in [5.41, 5.74) is 3.11. The number of anilines is 1. The molecule has 2 amide bonds. The van der Waals surface area contributed by atoms with E-state index in [9.17, 15) is 9.59 Å². The summed E-state index contributed by atoms with van der Waals surface area (Å²) in [5, 5.41) is 2.81. The number of hydrogen-bond acceptors (Lipinski definition) is 3. The van der Waals surface area contributed by atoms with Gasteiger partial charge in [-0.2, -0.15) is 0 Å². The number of nitrogens with one attached hydrogen (secondary N) is 1. The zero-order valence-electron chi connectivity index (χ0n) is 14.9. The summed E-state index contributed by atoms with van der Waals surface area (Å²) >= 11 is 0. The van der Waals surface area contributed by atoms with Gasteiger partial charge in [-0.25, -0.2) is 0 Å². The van der Waals surface area contributed by atoms with E-state index < -0.39 is 0 Å². The highest BCUT2D eigenvalue weighted by Gasteiger charge is 2.23. The summed E-state index contributed by atoms with van der Waals surface area (Å²) in [6.07, 6.45) is 3.48. The summed E-state index contributed by atoms with van der Waals surface area (Å²) < 4.78 is 5.22. The maximum atomic E-state index is 13.1. The van der Waals surface area contributed by atoms with Crippen molar-refractivity contribution in [1.29, 1.82) is 0 Å². The Hall–Kier alpha value is -3.34. The van der Waals surface area contributed by atoms with E-state index in [1.165, 1.54) is 5.56 Å². The lowest BCUT2D eigenvalue weighted by atomic mass is 10.0. The number of carbonyl (C=O) groups is 2. The first-order chi connectivity index (χ1) is 13.2. The molecule has 5 heteroatoms. The van der Waals surface area contributed by atoms with Crippen molar-refractivity contribution in [2.24, 2.45) is 0 Å². The zero-order chi connectivity index (χ0) is 18.6. The molecular formula is C22H20N2O3. The first-order valence-corrected chi connectivity index (χ1v) is 9.03. The van der Waals surface area contributed by atoms with Crippen molar-refractivity contribution in [2.75, 3.05) is 11.4 Å². The third-order valence-corrected chi connectivity index (χ3v) is 4.73. The van der Waals surface area contributed by atoms with Crippen LogP contribution < -0.4 is 10.2 Å². The molecule has 4 rings (SSSR count). The molecule has 1 aliphatic heterocycles. The highest BCUT2D eigenvalue weighted by atomic mass is 16.3. The number of nitrogens with zero attached hydrogens (tertiary/aromatic N) is 1. The third-order valence-electron chi connectivity index (χ3n) is 4.73. The Morgan fingerprint density at radius 2 is 1.85 bits per heavy atom. The van der Waals surface area contributed by atoms with Gasteiger partial charge in [-0.05, 0) is 54.8 Å². The largest absolute Gasteiger partial charge is 0.467 e. The molecule has 2 aromatic carbocycles. The number of benzene rings is 2. The lowest BCUT2D eigenvalue weighted by molar-refractivity contribution is 0.0948. The van der Waals surface area contributed by atoms with E-state index in [0.29, 0.717) is 30.0 Å².